The number of hydrogen-bond acceptors (Lipinski definition) is 2. The zero-order valence-corrected chi connectivity index (χ0v) is 6.54. The van der Waals surface area contributed by atoms with Crippen molar-refractivity contribution in [2.45, 2.75) is 25.8 Å². The van der Waals surface area contributed by atoms with E-state index in [0.717, 1.165) is 6.42 Å². The first-order chi connectivity index (χ1) is 5.13. The summed E-state index contributed by atoms with van der Waals surface area (Å²) in [6.07, 6.45) is 1.40. The summed E-state index contributed by atoms with van der Waals surface area (Å²) in [5.41, 5.74) is 5.05. The van der Waals surface area contributed by atoms with Crippen molar-refractivity contribution in [1.82, 2.24) is 4.90 Å². The Bertz CT molecular complexity index is 191. The van der Waals surface area contributed by atoms with Gasteiger partial charge in [0.25, 0.3) is 0 Å². The van der Waals surface area contributed by atoms with Crippen LogP contribution in [0.4, 0.5) is 0 Å². The Morgan fingerprint density at radius 2 is 2.36 bits per heavy atom. The molecular weight excluding hydrogens is 144 g/mol. The molecule has 0 bridgehead atoms. The van der Waals surface area contributed by atoms with Gasteiger partial charge in [-0.1, -0.05) is 0 Å². The van der Waals surface area contributed by atoms with E-state index in [2.05, 4.69) is 0 Å². The fourth-order valence-corrected chi connectivity index (χ4v) is 1.23. The SMILES string of the molecule is C[C@H](C(N)=O)N1CCCC1=O. The van der Waals surface area contributed by atoms with Crippen LogP contribution >= 0.6 is 0 Å². The van der Waals surface area contributed by atoms with Gasteiger partial charge in [0.05, 0.1) is 0 Å². The van der Waals surface area contributed by atoms with Crippen molar-refractivity contribution in [3.05, 3.63) is 0 Å². The van der Waals surface area contributed by atoms with Gasteiger partial charge in [-0.15, -0.1) is 0 Å². The summed E-state index contributed by atoms with van der Waals surface area (Å²) in [6.45, 7) is 2.33. The van der Waals surface area contributed by atoms with Crippen LogP contribution in [0.3, 0.4) is 0 Å². The highest BCUT2D eigenvalue weighted by Crippen LogP contribution is 2.12. The number of nitrogens with zero attached hydrogens (tertiary/aromatic N) is 1. The lowest BCUT2D eigenvalue weighted by Crippen LogP contribution is -2.43. The second kappa shape index (κ2) is 2.90. The molecule has 0 aromatic carbocycles. The van der Waals surface area contributed by atoms with Crippen LogP contribution in [0.2, 0.25) is 0 Å². The molecule has 4 heteroatoms. The number of hydrogen-bond donors (Lipinski definition) is 1. The summed E-state index contributed by atoms with van der Waals surface area (Å²) in [5, 5.41) is 0. The molecule has 11 heavy (non-hydrogen) atoms. The average molecular weight is 156 g/mol. The van der Waals surface area contributed by atoms with Crippen LogP contribution in [0.1, 0.15) is 19.8 Å². The minimum Gasteiger partial charge on any atom is -0.368 e. The summed E-state index contributed by atoms with van der Waals surface area (Å²) < 4.78 is 0. The van der Waals surface area contributed by atoms with E-state index < -0.39 is 11.9 Å². The van der Waals surface area contributed by atoms with Crippen LogP contribution in [-0.2, 0) is 9.59 Å². The number of carbonyl (C=O) groups is 2. The molecule has 1 fully saturated rings. The molecule has 1 aliphatic rings. The molecule has 62 valence electrons. The molecular formula is C7H12N2O2. The second-order valence-corrected chi connectivity index (χ2v) is 2.77. The number of primary amides is 1. The van der Waals surface area contributed by atoms with Crippen molar-refractivity contribution in [2.75, 3.05) is 6.54 Å². The van der Waals surface area contributed by atoms with E-state index in [4.69, 9.17) is 5.73 Å². The smallest absolute Gasteiger partial charge is 0.239 e. The molecule has 0 aromatic rings. The molecule has 1 atom stereocenters. The second-order valence-electron chi connectivity index (χ2n) is 2.77. The summed E-state index contributed by atoms with van der Waals surface area (Å²) in [4.78, 5) is 23.2. The van der Waals surface area contributed by atoms with Crippen LogP contribution in [0, 0.1) is 0 Å². The molecule has 0 aromatic heterocycles. The topological polar surface area (TPSA) is 63.4 Å². The van der Waals surface area contributed by atoms with E-state index in [-0.39, 0.29) is 5.91 Å². The Kier molecular flexibility index (Phi) is 2.12. The van der Waals surface area contributed by atoms with Crippen LogP contribution in [-0.4, -0.2) is 29.3 Å². The lowest BCUT2D eigenvalue weighted by atomic mass is 10.3. The van der Waals surface area contributed by atoms with Crippen molar-refractivity contribution in [1.29, 1.82) is 0 Å². The third-order valence-electron chi connectivity index (χ3n) is 1.99. The first-order valence-electron chi connectivity index (χ1n) is 3.71. The number of amides is 2. The van der Waals surface area contributed by atoms with Crippen molar-refractivity contribution >= 4 is 11.8 Å². The molecule has 0 spiro atoms. The number of likely N-dealkylation sites (tertiary alicyclic amines) is 1. The fraction of sp³-hybridized carbons (Fsp3) is 0.714. The predicted octanol–water partition coefficient (Wildman–Crippen LogP) is -0.517. The lowest BCUT2D eigenvalue weighted by molar-refractivity contribution is -0.135. The predicted molar refractivity (Wildman–Crippen MR) is 39.6 cm³/mol. The fourth-order valence-electron chi connectivity index (χ4n) is 1.23. The Balaban J connectivity index is 2.59. The van der Waals surface area contributed by atoms with E-state index in [1.54, 1.807) is 6.92 Å². The Labute approximate surface area is 65.3 Å². The van der Waals surface area contributed by atoms with Crippen molar-refractivity contribution < 1.29 is 9.59 Å². The van der Waals surface area contributed by atoms with E-state index in [1.807, 2.05) is 0 Å². The first-order valence-corrected chi connectivity index (χ1v) is 3.71. The molecule has 4 nitrogen and oxygen atoms in total. The monoisotopic (exact) mass is 156 g/mol. The van der Waals surface area contributed by atoms with E-state index in [9.17, 15) is 9.59 Å². The van der Waals surface area contributed by atoms with Gasteiger partial charge in [0.15, 0.2) is 0 Å². The summed E-state index contributed by atoms with van der Waals surface area (Å²) >= 11 is 0. The Hall–Kier alpha value is -1.06. The maximum absolute atomic E-state index is 11.0. The van der Waals surface area contributed by atoms with Crippen LogP contribution in [0.25, 0.3) is 0 Å². The normalized spacial score (nSPS) is 20.5. The maximum Gasteiger partial charge on any atom is 0.239 e. The average Bonchev–Trinajstić information content (AvgIpc) is 2.33. The zero-order chi connectivity index (χ0) is 8.43. The molecule has 0 saturated carbocycles. The molecule has 0 aliphatic carbocycles. The van der Waals surface area contributed by atoms with Gasteiger partial charge in [-0.25, -0.2) is 0 Å². The van der Waals surface area contributed by atoms with Crippen molar-refractivity contribution in [3.63, 3.8) is 0 Å². The van der Waals surface area contributed by atoms with Gasteiger partial charge in [-0.3, -0.25) is 9.59 Å². The van der Waals surface area contributed by atoms with Gasteiger partial charge >= 0.3 is 0 Å². The largest absolute Gasteiger partial charge is 0.368 e. The van der Waals surface area contributed by atoms with Gasteiger partial charge in [0.2, 0.25) is 11.8 Å². The quantitative estimate of drug-likeness (QED) is 0.584. The molecule has 1 aliphatic heterocycles. The van der Waals surface area contributed by atoms with Crippen LogP contribution in [0.5, 0.6) is 0 Å². The first kappa shape index (κ1) is 8.04. The highest BCUT2D eigenvalue weighted by molar-refractivity contribution is 5.87. The van der Waals surface area contributed by atoms with Gasteiger partial charge in [-0.05, 0) is 13.3 Å². The minimum atomic E-state index is -0.440. The highest BCUT2D eigenvalue weighted by Gasteiger charge is 2.27. The van der Waals surface area contributed by atoms with Gasteiger partial charge in [0, 0.05) is 13.0 Å². The molecule has 2 N–H and O–H groups in total. The summed E-state index contributed by atoms with van der Waals surface area (Å²) in [6, 6.07) is -0.440. The minimum absolute atomic E-state index is 0.0382. The third-order valence-corrected chi connectivity index (χ3v) is 1.99. The number of nitrogens with two attached hydrogens (primary N) is 1. The van der Waals surface area contributed by atoms with Crippen LogP contribution in [0.15, 0.2) is 0 Å². The standard InChI is InChI=1S/C7H12N2O2/c1-5(7(8)11)9-4-2-3-6(9)10/h5H,2-4H2,1H3,(H2,8,11)/t5-/m1/s1. The van der Waals surface area contributed by atoms with Crippen LogP contribution < -0.4 is 5.73 Å². The van der Waals surface area contributed by atoms with Crippen molar-refractivity contribution in [3.8, 4) is 0 Å². The zero-order valence-electron chi connectivity index (χ0n) is 6.54. The summed E-state index contributed by atoms with van der Waals surface area (Å²) in [7, 11) is 0. The molecule has 0 unspecified atom stereocenters. The van der Waals surface area contributed by atoms with Gasteiger partial charge in [-0.2, -0.15) is 0 Å². The molecule has 0 radical (unpaired) electrons. The lowest BCUT2D eigenvalue weighted by Gasteiger charge is -2.20. The van der Waals surface area contributed by atoms with Gasteiger partial charge < -0.3 is 10.6 Å². The van der Waals surface area contributed by atoms with E-state index in [1.165, 1.54) is 4.90 Å². The number of rotatable bonds is 2. The highest BCUT2D eigenvalue weighted by atomic mass is 16.2. The van der Waals surface area contributed by atoms with Crippen molar-refractivity contribution in [2.24, 2.45) is 5.73 Å². The van der Waals surface area contributed by atoms with E-state index >= 15 is 0 Å². The third kappa shape index (κ3) is 1.50. The van der Waals surface area contributed by atoms with Gasteiger partial charge in [0.1, 0.15) is 6.04 Å². The Morgan fingerprint density at radius 3 is 2.73 bits per heavy atom. The molecule has 1 heterocycles. The Morgan fingerprint density at radius 1 is 1.73 bits per heavy atom. The molecule has 2 amide bonds. The summed E-state index contributed by atoms with van der Waals surface area (Å²) in [5.74, 6) is -0.392. The maximum atomic E-state index is 11.0. The van der Waals surface area contributed by atoms with E-state index in [0.29, 0.717) is 13.0 Å². The molecule has 1 rings (SSSR count). The molecule has 1 saturated heterocycles. The number of carbonyl (C=O) groups excluding carboxylic acids is 2.